The summed E-state index contributed by atoms with van der Waals surface area (Å²) in [6, 6.07) is 0.594. The van der Waals surface area contributed by atoms with Crippen LogP contribution in [-0.2, 0) is 4.79 Å². The molecule has 4 heteroatoms. The maximum absolute atomic E-state index is 11.8. The van der Waals surface area contributed by atoms with E-state index >= 15 is 0 Å². The summed E-state index contributed by atoms with van der Waals surface area (Å²) < 4.78 is 0. The molecule has 0 bridgehead atoms. The first-order valence-corrected chi connectivity index (χ1v) is 6.70. The van der Waals surface area contributed by atoms with Gasteiger partial charge in [-0.3, -0.25) is 4.79 Å². The molecule has 1 fully saturated rings. The topological polar surface area (TPSA) is 58.4 Å². The second-order valence-corrected chi connectivity index (χ2v) is 5.52. The van der Waals surface area contributed by atoms with Gasteiger partial charge in [0.05, 0.1) is 5.41 Å². The van der Waals surface area contributed by atoms with E-state index in [1.165, 1.54) is 0 Å². The van der Waals surface area contributed by atoms with Crippen LogP contribution in [0, 0.1) is 5.41 Å². The Bertz CT molecular complexity index is 249. The van der Waals surface area contributed by atoms with E-state index in [0.717, 1.165) is 38.8 Å². The van der Waals surface area contributed by atoms with E-state index < -0.39 is 0 Å². The van der Waals surface area contributed by atoms with Crippen LogP contribution in [0.1, 0.15) is 39.5 Å². The van der Waals surface area contributed by atoms with Crippen molar-refractivity contribution in [2.75, 3.05) is 26.7 Å². The summed E-state index contributed by atoms with van der Waals surface area (Å²) in [6.07, 6.45) is 4.10. The average molecular weight is 241 g/mol. The van der Waals surface area contributed by atoms with Gasteiger partial charge in [-0.15, -0.1) is 0 Å². The van der Waals surface area contributed by atoms with Crippen LogP contribution in [0.15, 0.2) is 0 Å². The maximum Gasteiger partial charge on any atom is 0.227 e. The number of unbranched alkanes of at least 4 members (excludes halogenated alkanes) is 1. The molecule has 0 aromatic rings. The Morgan fingerprint density at radius 1 is 1.41 bits per heavy atom. The largest absolute Gasteiger partial charge is 0.356 e. The van der Waals surface area contributed by atoms with Gasteiger partial charge in [0.2, 0.25) is 5.91 Å². The molecule has 0 unspecified atom stereocenters. The highest BCUT2D eigenvalue weighted by Crippen LogP contribution is 2.44. The van der Waals surface area contributed by atoms with Gasteiger partial charge in [0.15, 0.2) is 0 Å². The predicted molar refractivity (Wildman–Crippen MR) is 70.7 cm³/mol. The zero-order valence-corrected chi connectivity index (χ0v) is 11.5. The Hall–Kier alpha value is -0.610. The van der Waals surface area contributed by atoms with E-state index in [-0.39, 0.29) is 11.3 Å². The van der Waals surface area contributed by atoms with Crippen LogP contribution in [0.4, 0.5) is 0 Å². The quantitative estimate of drug-likeness (QED) is 0.622. The summed E-state index contributed by atoms with van der Waals surface area (Å²) in [6.45, 7) is 6.76. The number of nitrogens with zero attached hydrogens (tertiary/aromatic N) is 1. The van der Waals surface area contributed by atoms with E-state index in [9.17, 15) is 4.79 Å². The standard InChI is InChI=1S/C13H27N3O/c1-11(2)16(3)9-5-4-8-15-12(17)13(10-14)6-7-13/h11H,4-10,14H2,1-3H3,(H,15,17). The molecule has 1 saturated carbocycles. The van der Waals surface area contributed by atoms with E-state index in [1.807, 2.05) is 0 Å². The monoisotopic (exact) mass is 241 g/mol. The summed E-state index contributed by atoms with van der Waals surface area (Å²) in [5, 5.41) is 3.00. The second-order valence-electron chi connectivity index (χ2n) is 5.52. The fraction of sp³-hybridized carbons (Fsp3) is 0.923. The van der Waals surface area contributed by atoms with Crippen LogP contribution in [0.5, 0.6) is 0 Å². The van der Waals surface area contributed by atoms with E-state index in [2.05, 4.69) is 31.1 Å². The van der Waals surface area contributed by atoms with Gasteiger partial charge >= 0.3 is 0 Å². The molecule has 0 saturated heterocycles. The summed E-state index contributed by atoms with van der Waals surface area (Å²) in [5.41, 5.74) is 5.41. The van der Waals surface area contributed by atoms with Crippen LogP contribution >= 0.6 is 0 Å². The van der Waals surface area contributed by atoms with Gasteiger partial charge < -0.3 is 16.0 Å². The number of carbonyl (C=O) groups excluding carboxylic acids is 1. The lowest BCUT2D eigenvalue weighted by molar-refractivity contribution is -0.125. The van der Waals surface area contributed by atoms with Crippen LogP contribution in [0.3, 0.4) is 0 Å². The maximum atomic E-state index is 11.8. The molecule has 1 amide bonds. The molecule has 0 aromatic carbocycles. The summed E-state index contributed by atoms with van der Waals surface area (Å²) >= 11 is 0. The first-order chi connectivity index (χ1) is 8.02. The van der Waals surface area contributed by atoms with Crippen molar-refractivity contribution in [2.45, 2.75) is 45.6 Å². The number of rotatable bonds is 8. The first kappa shape index (κ1) is 14.5. The summed E-state index contributed by atoms with van der Waals surface area (Å²) in [5.74, 6) is 0.164. The van der Waals surface area contributed by atoms with Crippen molar-refractivity contribution in [3.8, 4) is 0 Å². The van der Waals surface area contributed by atoms with Crippen LogP contribution < -0.4 is 11.1 Å². The summed E-state index contributed by atoms with van der Waals surface area (Å²) in [7, 11) is 2.14. The van der Waals surface area contributed by atoms with Crippen molar-refractivity contribution < 1.29 is 4.79 Å². The summed E-state index contributed by atoms with van der Waals surface area (Å²) in [4.78, 5) is 14.1. The lowest BCUT2D eigenvalue weighted by atomic mass is 10.1. The molecule has 0 atom stereocenters. The molecule has 0 heterocycles. The minimum absolute atomic E-state index is 0.164. The molecule has 1 rings (SSSR count). The van der Waals surface area contributed by atoms with Gasteiger partial charge in [-0.25, -0.2) is 0 Å². The Morgan fingerprint density at radius 3 is 2.53 bits per heavy atom. The highest BCUT2D eigenvalue weighted by molar-refractivity contribution is 5.85. The van der Waals surface area contributed by atoms with Crippen LogP contribution in [-0.4, -0.2) is 43.5 Å². The van der Waals surface area contributed by atoms with Gasteiger partial charge in [-0.1, -0.05) is 0 Å². The van der Waals surface area contributed by atoms with E-state index in [1.54, 1.807) is 0 Å². The average Bonchev–Trinajstić information content (AvgIpc) is 3.08. The molecule has 1 aliphatic rings. The Kier molecular flexibility index (Phi) is 5.40. The number of nitrogens with two attached hydrogens (primary N) is 1. The van der Waals surface area contributed by atoms with E-state index in [0.29, 0.717) is 12.6 Å². The third-order valence-electron chi connectivity index (χ3n) is 3.83. The number of hydrogen-bond acceptors (Lipinski definition) is 3. The number of hydrogen-bond donors (Lipinski definition) is 2. The van der Waals surface area contributed by atoms with Crippen molar-refractivity contribution in [3.63, 3.8) is 0 Å². The van der Waals surface area contributed by atoms with Crippen molar-refractivity contribution in [1.29, 1.82) is 0 Å². The molecular weight excluding hydrogens is 214 g/mol. The van der Waals surface area contributed by atoms with Crippen molar-refractivity contribution in [3.05, 3.63) is 0 Å². The molecule has 17 heavy (non-hydrogen) atoms. The molecule has 100 valence electrons. The molecule has 1 aliphatic carbocycles. The third kappa shape index (κ3) is 4.28. The zero-order valence-electron chi connectivity index (χ0n) is 11.5. The lowest BCUT2D eigenvalue weighted by Crippen LogP contribution is -2.37. The minimum atomic E-state index is -0.200. The number of amides is 1. The molecule has 3 N–H and O–H groups in total. The van der Waals surface area contributed by atoms with Gasteiger partial charge in [-0.05, 0) is 53.1 Å². The predicted octanol–water partition coefficient (Wildman–Crippen LogP) is 0.962. The molecule has 0 spiro atoms. The molecule has 0 aromatic heterocycles. The Morgan fingerprint density at radius 2 is 2.06 bits per heavy atom. The molecule has 0 radical (unpaired) electrons. The van der Waals surface area contributed by atoms with Crippen molar-refractivity contribution in [1.82, 2.24) is 10.2 Å². The Labute approximate surface area is 105 Å². The second kappa shape index (κ2) is 6.36. The lowest BCUT2D eigenvalue weighted by Gasteiger charge is -2.20. The first-order valence-electron chi connectivity index (χ1n) is 6.70. The highest BCUT2D eigenvalue weighted by Gasteiger charge is 2.48. The van der Waals surface area contributed by atoms with Gasteiger partial charge in [-0.2, -0.15) is 0 Å². The molecule has 0 aliphatic heterocycles. The fourth-order valence-electron chi connectivity index (χ4n) is 1.81. The van der Waals surface area contributed by atoms with Crippen LogP contribution in [0.2, 0.25) is 0 Å². The minimum Gasteiger partial charge on any atom is -0.356 e. The SMILES string of the molecule is CC(C)N(C)CCCCNC(=O)C1(CN)CC1. The van der Waals surface area contributed by atoms with Gasteiger partial charge in [0, 0.05) is 19.1 Å². The van der Waals surface area contributed by atoms with Crippen molar-refractivity contribution in [2.24, 2.45) is 11.1 Å². The van der Waals surface area contributed by atoms with E-state index in [4.69, 9.17) is 5.73 Å². The van der Waals surface area contributed by atoms with Crippen LogP contribution in [0.25, 0.3) is 0 Å². The fourth-order valence-corrected chi connectivity index (χ4v) is 1.81. The number of carbonyl (C=O) groups is 1. The highest BCUT2D eigenvalue weighted by atomic mass is 16.2. The number of nitrogens with one attached hydrogen (secondary N) is 1. The normalized spacial score (nSPS) is 17.5. The van der Waals surface area contributed by atoms with Crippen molar-refractivity contribution >= 4 is 5.91 Å². The zero-order chi connectivity index (χ0) is 12.9. The van der Waals surface area contributed by atoms with Gasteiger partial charge in [0.1, 0.15) is 0 Å². The van der Waals surface area contributed by atoms with Gasteiger partial charge in [0.25, 0.3) is 0 Å². The molecular formula is C13H27N3O. The smallest absolute Gasteiger partial charge is 0.227 e. The molecule has 4 nitrogen and oxygen atoms in total. The third-order valence-corrected chi connectivity index (χ3v) is 3.83. The Balaban J connectivity index is 2.03.